The second-order valence-electron chi connectivity index (χ2n) is 10.1. The Bertz CT molecular complexity index is 1620. The molecule has 186 valence electrons. The summed E-state index contributed by atoms with van der Waals surface area (Å²) in [5.41, 5.74) is 8.81. The lowest BCUT2D eigenvalue weighted by Crippen LogP contribution is -2.34. The average Bonchev–Trinajstić information content (AvgIpc) is 3.37. The number of nitrogens with one attached hydrogen (secondary N) is 1. The first-order chi connectivity index (χ1) is 18.8. The molecule has 2 unspecified atom stereocenters. The fourth-order valence-corrected chi connectivity index (χ4v) is 5.90. The zero-order valence-corrected chi connectivity index (χ0v) is 21.3. The summed E-state index contributed by atoms with van der Waals surface area (Å²) in [5, 5.41) is 1.30. The van der Waals surface area contributed by atoms with Gasteiger partial charge in [0.1, 0.15) is 11.9 Å². The number of ether oxygens (including phenoxy) is 1. The standard InChI is InChI=1S/C35H30N2O/c1-4-10-25(11-5-1)16-19-31-35-29(22-23-37(31)24-26-12-6-2-7-13-26)34-28-17-20-32(27-14-8-3-9-15-27)38-33(28)21-18-30(34)36-35/h1-21,31-32,36H,22-24H2/b19-16+. The second-order valence-corrected chi connectivity index (χ2v) is 10.1. The summed E-state index contributed by atoms with van der Waals surface area (Å²) in [4.78, 5) is 6.41. The van der Waals surface area contributed by atoms with E-state index in [1.54, 1.807) is 0 Å². The zero-order valence-electron chi connectivity index (χ0n) is 21.3. The van der Waals surface area contributed by atoms with Gasteiger partial charge < -0.3 is 9.72 Å². The van der Waals surface area contributed by atoms with E-state index in [-0.39, 0.29) is 12.1 Å². The maximum atomic E-state index is 6.49. The lowest BCUT2D eigenvalue weighted by atomic mass is 9.92. The molecule has 0 radical (unpaired) electrons. The highest BCUT2D eigenvalue weighted by molar-refractivity contribution is 5.96. The van der Waals surface area contributed by atoms with Crippen LogP contribution in [0.5, 0.6) is 5.75 Å². The molecule has 0 amide bonds. The first-order valence-corrected chi connectivity index (χ1v) is 13.4. The lowest BCUT2D eigenvalue weighted by Gasteiger charge is -2.34. The summed E-state index contributed by atoms with van der Waals surface area (Å²) < 4.78 is 6.49. The van der Waals surface area contributed by atoms with Gasteiger partial charge in [0.15, 0.2) is 0 Å². The van der Waals surface area contributed by atoms with Crippen LogP contribution >= 0.6 is 0 Å². The van der Waals surface area contributed by atoms with Gasteiger partial charge in [0.2, 0.25) is 0 Å². The molecule has 0 saturated carbocycles. The molecule has 0 fully saturated rings. The molecule has 0 bridgehead atoms. The molecular formula is C35H30N2O. The predicted octanol–water partition coefficient (Wildman–Crippen LogP) is 8.13. The Kier molecular flexibility index (Phi) is 5.91. The van der Waals surface area contributed by atoms with Gasteiger partial charge in [-0.1, -0.05) is 109 Å². The van der Waals surface area contributed by atoms with E-state index in [1.165, 1.54) is 44.4 Å². The van der Waals surface area contributed by atoms with Crippen LogP contribution in [-0.4, -0.2) is 16.4 Å². The molecule has 3 nitrogen and oxygen atoms in total. The fourth-order valence-electron chi connectivity index (χ4n) is 5.90. The van der Waals surface area contributed by atoms with Crippen molar-refractivity contribution >= 4 is 23.1 Å². The van der Waals surface area contributed by atoms with Crippen LogP contribution in [-0.2, 0) is 13.0 Å². The molecule has 4 aromatic carbocycles. The van der Waals surface area contributed by atoms with E-state index in [4.69, 9.17) is 4.74 Å². The van der Waals surface area contributed by atoms with Crippen LogP contribution < -0.4 is 4.74 Å². The SMILES string of the molecule is C1=CC(c2ccccc2)Oc2ccc3[nH]c4c(c3c21)CCN(Cc1ccccc1)C4/C=C/c1ccccc1. The summed E-state index contributed by atoms with van der Waals surface area (Å²) >= 11 is 0. The van der Waals surface area contributed by atoms with Crippen LogP contribution in [0.2, 0.25) is 0 Å². The van der Waals surface area contributed by atoms with Crippen molar-refractivity contribution in [2.45, 2.75) is 25.1 Å². The van der Waals surface area contributed by atoms with Crippen LogP contribution in [0.25, 0.3) is 23.1 Å². The van der Waals surface area contributed by atoms with Crippen molar-refractivity contribution < 1.29 is 4.74 Å². The molecule has 2 atom stereocenters. The Balaban J connectivity index is 1.29. The number of rotatable bonds is 5. The number of H-pyrrole nitrogens is 1. The molecule has 3 heterocycles. The van der Waals surface area contributed by atoms with Crippen LogP contribution in [0.4, 0.5) is 0 Å². The van der Waals surface area contributed by atoms with Crippen LogP contribution in [0.3, 0.4) is 0 Å². The van der Waals surface area contributed by atoms with Gasteiger partial charge in [-0.25, -0.2) is 0 Å². The van der Waals surface area contributed by atoms with E-state index in [0.29, 0.717) is 0 Å². The van der Waals surface area contributed by atoms with Crippen molar-refractivity contribution in [1.29, 1.82) is 0 Å². The molecule has 5 aromatic rings. The Labute approximate surface area is 223 Å². The van der Waals surface area contributed by atoms with Crippen molar-refractivity contribution in [3.05, 3.63) is 149 Å². The molecule has 1 N–H and O–H groups in total. The highest BCUT2D eigenvalue weighted by Gasteiger charge is 2.31. The van der Waals surface area contributed by atoms with Crippen molar-refractivity contribution in [3.8, 4) is 5.75 Å². The summed E-state index contributed by atoms with van der Waals surface area (Å²) in [6, 6.07) is 36.3. The van der Waals surface area contributed by atoms with Gasteiger partial charge in [-0.15, -0.1) is 0 Å². The number of hydrogen-bond acceptors (Lipinski definition) is 2. The smallest absolute Gasteiger partial charge is 0.142 e. The van der Waals surface area contributed by atoms with E-state index in [0.717, 1.165) is 25.3 Å². The Morgan fingerprint density at radius 3 is 2.37 bits per heavy atom. The van der Waals surface area contributed by atoms with E-state index >= 15 is 0 Å². The monoisotopic (exact) mass is 494 g/mol. The first-order valence-electron chi connectivity index (χ1n) is 13.4. The summed E-state index contributed by atoms with van der Waals surface area (Å²) in [5.74, 6) is 0.957. The maximum absolute atomic E-state index is 6.49. The molecule has 1 aromatic heterocycles. The van der Waals surface area contributed by atoms with Gasteiger partial charge in [-0.2, -0.15) is 0 Å². The van der Waals surface area contributed by atoms with Crippen molar-refractivity contribution in [1.82, 2.24) is 9.88 Å². The van der Waals surface area contributed by atoms with Gasteiger partial charge in [0, 0.05) is 35.2 Å². The fraction of sp³-hybridized carbons (Fsp3) is 0.143. The van der Waals surface area contributed by atoms with E-state index in [9.17, 15) is 0 Å². The molecule has 2 aliphatic heterocycles. The minimum atomic E-state index is -0.0566. The molecular weight excluding hydrogens is 464 g/mol. The number of fused-ring (bicyclic) bond motifs is 5. The molecule has 3 heteroatoms. The first kappa shape index (κ1) is 22.8. The second kappa shape index (κ2) is 9.85. The average molecular weight is 495 g/mol. The Morgan fingerprint density at radius 2 is 1.58 bits per heavy atom. The maximum Gasteiger partial charge on any atom is 0.142 e. The molecule has 7 rings (SSSR count). The van der Waals surface area contributed by atoms with Crippen LogP contribution in [0, 0.1) is 0 Å². The minimum Gasteiger partial charge on any atom is -0.481 e. The summed E-state index contributed by atoms with van der Waals surface area (Å²) in [6.07, 6.45) is 10.0. The quantitative estimate of drug-likeness (QED) is 0.267. The molecule has 0 spiro atoms. The normalized spacial score (nSPS) is 18.8. The Morgan fingerprint density at radius 1 is 0.842 bits per heavy atom. The van der Waals surface area contributed by atoms with E-state index in [1.807, 2.05) is 6.07 Å². The highest BCUT2D eigenvalue weighted by atomic mass is 16.5. The number of aromatic nitrogens is 1. The zero-order chi connectivity index (χ0) is 25.3. The van der Waals surface area contributed by atoms with Crippen molar-refractivity contribution in [2.75, 3.05) is 6.54 Å². The number of hydrogen-bond donors (Lipinski definition) is 1. The third-order valence-electron chi connectivity index (χ3n) is 7.76. The van der Waals surface area contributed by atoms with E-state index < -0.39 is 0 Å². The predicted molar refractivity (Wildman–Crippen MR) is 156 cm³/mol. The topological polar surface area (TPSA) is 28.3 Å². The number of nitrogens with zero attached hydrogens (tertiary/aromatic N) is 1. The van der Waals surface area contributed by atoms with Gasteiger partial charge in [0.05, 0.1) is 6.04 Å². The largest absolute Gasteiger partial charge is 0.481 e. The summed E-state index contributed by atoms with van der Waals surface area (Å²) in [6.45, 7) is 1.92. The Hall–Kier alpha value is -4.34. The minimum absolute atomic E-state index is 0.0566. The van der Waals surface area contributed by atoms with Gasteiger partial charge in [0.25, 0.3) is 0 Å². The third kappa shape index (κ3) is 4.25. The molecule has 0 aliphatic carbocycles. The van der Waals surface area contributed by atoms with Gasteiger partial charge in [-0.05, 0) is 46.9 Å². The number of aromatic amines is 1. The van der Waals surface area contributed by atoms with Crippen molar-refractivity contribution in [3.63, 3.8) is 0 Å². The number of benzene rings is 4. The van der Waals surface area contributed by atoms with Crippen LogP contribution in [0.1, 0.15) is 45.7 Å². The van der Waals surface area contributed by atoms with Crippen LogP contribution in [0.15, 0.2) is 115 Å². The van der Waals surface area contributed by atoms with Gasteiger partial charge in [-0.3, -0.25) is 4.90 Å². The molecule has 2 aliphatic rings. The van der Waals surface area contributed by atoms with Crippen molar-refractivity contribution in [2.24, 2.45) is 0 Å². The molecule has 0 saturated heterocycles. The van der Waals surface area contributed by atoms with E-state index in [2.05, 4.69) is 131 Å². The summed E-state index contributed by atoms with van der Waals surface area (Å²) in [7, 11) is 0. The third-order valence-corrected chi connectivity index (χ3v) is 7.76. The lowest BCUT2D eigenvalue weighted by molar-refractivity contribution is 0.208. The van der Waals surface area contributed by atoms with Gasteiger partial charge >= 0.3 is 0 Å². The molecule has 38 heavy (non-hydrogen) atoms. The highest BCUT2D eigenvalue weighted by Crippen LogP contribution is 2.43.